The predicted octanol–water partition coefficient (Wildman–Crippen LogP) is 2.62. The summed E-state index contributed by atoms with van der Waals surface area (Å²) in [7, 11) is 1.60. The van der Waals surface area contributed by atoms with Crippen LogP contribution in [-0.4, -0.2) is 76.4 Å². The number of aliphatic hydroxyl groups excluding tert-OH is 1. The van der Waals surface area contributed by atoms with Gasteiger partial charge < -0.3 is 34.3 Å². The maximum absolute atomic E-state index is 13.2. The van der Waals surface area contributed by atoms with Crippen LogP contribution in [-0.2, 0) is 23.7 Å². The minimum Gasteiger partial charge on any atom is -0.462 e. The molecule has 8 heteroatoms. The molecule has 5 fully saturated rings. The second-order valence-corrected chi connectivity index (χ2v) is 12.7. The number of methoxy groups -OCH3 is 1. The molecule has 0 amide bonds. The van der Waals surface area contributed by atoms with Gasteiger partial charge in [0.1, 0.15) is 28.8 Å². The number of hydrogen-bond donors (Lipinski definition) is 3. The van der Waals surface area contributed by atoms with Crippen LogP contribution in [0, 0.1) is 22.7 Å². The average Bonchev–Trinajstić information content (AvgIpc) is 3.29. The van der Waals surface area contributed by atoms with Crippen molar-refractivity contribution in [2.45, 2.75) is 127 Å². The lowest BCUT2D eigenvalue weighted by Crippen LogP contribution is -2.73. The first-order valence-corrected chi connectivity index (χ1v) is 13.9. The van der Waals surface area contributed by atoms with Gasteiger partial charge in [0.25, 0.3) is 0 Å². The van der Waals surface area contributed by atoms with E-state index in [1.807, 2.05) is 13.8 Å². The maximum atomic E-state index is 13.2. The summed E-state index contributed by atoms with van der Waals surface area (Å²) in [6.07, 6.45) is 5.79. The summed E-state index contributed by atoms with van der Waals surface area (Å²) in [6.45, 7) is 5.99. The number of cyclic esters (lactones) is 1. The number of fused-ring (bicyclic) bond motifs is 4. The molecular weight excluding hydrogens is 464 g/mol. The molecule has 2 aliphatic heterocycles. The van der Waals surface area contributed by atoms with Crippen LogP contribution in [0.4, 0.5) is 0 Å². The molecule has 3 saturated carbocycles. The summed E-state index contributed by atoms with van der Waals surface area (Å²) in [4.78, 5) is 13.2. The normalized spacial score (nSPS) is 56.2. The van der Waals surface area contributed by atoms with E-state index >= 15 is 0 Å². The lowest BCUT2D eigenvalue weighted by atomic mass is 9.43. The molecule has 12 unspecified atom stereocenters. The molecule has 2 heterocycles. The molecule has 36 heavy (non-hydrogen) atoms. The summed E-state index contributed by atoms with van der Waals surface area (Å²) in [5.74, 6) is -0.470. The van der Waals surface area contributed by atoms with Crippen molar-refractivity contribution in [1.29, 1.82) is 0 Å². The van der Waals surface area contributed by atoms with Gasteiger partial charge in [-0.3, -0.25) is 4.79 Å². The lowest BCUT2D eigenvalue weighted by Gasteiger charge is -2.64. The number of ether oxygens (including phenoxy) is 4. The Kier molecular flexibility index (Phi) is 5.78. The zero-order valence-electron chi connectivity index (χ0n) is 21.9. The van der Waals surface area contributed by atoms with E-state index in [4.69, 9.17) is 18.9 Å². The van der Waals surface area contributed by atoms with Crippen molar-refractivity contribution in [3.05, 3.63) is 11.6 Å². The van der Waals surface area contributed by atoms with Gasteiger partial charge in [-0.05, 0) is 76.5 Å². The molecule has 4 aliphatic carbocycles. The summed E-state index contributed by atoms with van der Waals surface area (Å²) >= 11 is 0. The maximum Gasteiger partial charge on any atom is 0.315 e. The fourth-order valence-corrected chi connectivity index (χ4v) is 9.46. The Morgan fingerprint density at radius 3 is 2.61 bits per heavy atom. The first-order chi connectivity index (χ1) is 17.0. The molecule has 6 aliphatic rings. The molecule has 0 radical (unpaired) electrons. The van der Waals surface area contributed by atoms with Gasteiger partial charge in [0.2, 0.25) is 0 Å². The highest BCUT2D eigenvalue weighted by molar-refractivity contribution is 5.83. The van der Waals surface area contributed by atoms with Gasteiger partial charge in [-0.2, -0.15) is 0 Å². The van der Waals surface area contributed by atoms with Gasteiger partial charge in [0, 0.05) is 19.4 Å². The van der Waals surface area contributed by atoms with E-state index < -0.39 is 29.0 Å². The summed E-state index contributed by atoms with van der Waals surface area (Å²) < 4.78 is 23.4. The SMILES string of the molecule is COC1CC(OC2CCC3(C)C(=CCC4(O)C3CCC35C(=O)OC(C)C3CCC45O)C2)OC(C)C1O. The smallest absolute Gasteiger partial charge is 0.315 e. The molecule has 0 aromatic carbocycles. The number of carbonyl (C=O) groups excluding carboxylic acids is 1. The van der Waals surface area contributed by atoms with Crippen molar-refractivity contribution < 1.29 is 39.1 Å². The van der Waals surface area contributed by atoms with Crippen LogP contribution in [0.15, 0.2) is 11.6 Å². The van der Waals surface area contributed by atoms with Crippen molar-refractivity contribution in [1.82, 2.24) is 0 Å². The molecule has 0 aromatic rings. The Hall–Kier alpha value is -1.03. The first kappa shape index (κ1) is 25.3. The van der Waals surface area contributed by atoms with Crippen LogP contribution >= 0.6 is 0 Å². The molecule has 202 valence electrons. The topological polar surface area (TPSA) is 115 Å². The van der Waals surface area contributed by atoms with E-state index in [-0.39, 0.29) is 47.6 Å². The van der Waals surface area contributed by atoms with E-state index in [0.717, 1.165) is 19.3 Å². The third-order valence-corrected chi connectivity index (χ3v) is 11.4. The number of esters is 1. The molecular formula is C28H42O8. The Balaban J connectivity index is 1.23. The van der Waals surface area contributed by atoms with Crippen LogP contribution in [0.25, 0.3) is 0 Å². The minimum absolute atomic E-state index is 0.0139. The molecule has 0 aromatic heterocycles. The number of hydrogen-bond acceptors (Lipinski definition) is 8. The van der Waals surface area contributed by atoms with Crippen molar-refractivity contribution in [2.75, 3.05) is 7.11 Å². The molecule has 2 saturated heterocycles. The molecule has 0 bridgehead atoms. The quantitative estimate of drug-likeness (QED) is 0.395. The Labute approximate surface area is 213 Å². The fourth-order valence-electron chi connectivity index (χ4n) is 9.46. The second kappa shape index (κ2) is 8.23. The number of aliphatic hydroxyl groups is 3. The predicted molar refractivity (Wildman–Crippen MR) is 129 cm³/mol. The molecule has 3 N–H and O–H groups in total. The summed E-state index contributed by atoms with van der Waals surface area (Å²) in [5, 5.41) is 34.8. The zero-order valence-corrected chi connectivity index (χ0v) is 21.9. The van der Waals surface area contributed by atoms with Crippen LogP contribution in [0.2, 0.25) is 0 Å². The first-order valence-electron chi connectivity index (χ1n) is 13.9. The highest BCUT2D eigenvalue weighted by atomic mass is 16.7. The van der Waals surface area contributed by atoms with Crippen LogP contribution < -0.4 is 0 Å². The monoisotopic (exact) mass is 506 g/mol. The van der Waals surface area contributed by atoms with Gasteiger partial charge in [-0.1, -0.05) is 18.6 Å². The highest BCUT2D eigenvalue weighted by Crippen LogP contribution is 2.71. The van der Waals surface area contributed by atoms with Crippen LogP contribution in [0.5, 0.6) is 0 Å². The van der Waals surface area contributed by atoms with E-state index in [2.05, 4.69) is 13.0 Å². The van der Waals surface area contributed by atoms with Gasteiger partial charge in [-0.15, -0.1) is 0 Å². The third kappa shape index (κ3) is 3.06. The van der Waals surface area contributed by atoms with Gasteiger partial charge in [0.15, 0.2) is 6.29 Å². The molecule has 12 atom stereocenters. The Bertz CT molecular complexity index is 952. The standard InChI is InChI=1S/C28H42O8/c1-15-19-7-12-28(32)26(19,24(30)35-15)10-8-21-25(3)9-6-18(13-17(25)5-11-27(21,28)31)36-22-14-20(33-4)23(29)16(2)34-22/h5,15-16,18-23,29,31-32H,6-14H2,1-4H3. The summed E-state index contributed by atoms with van der Waals surface area (Å²) in [5.41, 5.74) is -2.79. The molecule has 8 nitrogen and oxygen atoms in total. The minimum atomic E-state index is -1.46. The number of carbonyl (C=O) groups is 1. The van der Waals surface area contributed by atoms with Gasteiger partial charge in [-0.25, -0.2) is 0 Å². The van der Waals surface area contributed by atoms with Crippen molar-refractivity contribution in [3.8, 4) is 0 Å². The van der Waals surface area contributed by atoms with E-state index in [1.165, 1.54) is 5.57 Å². The Morgan fingerprint density at radius 1 is 1.08 bits per heavy atom. The second-order valence-electron chi connectivity index (χ2n) is 12.7. The van der Waals surface area contributed by atoms with E-state index in [9.17, 15) is 20.1 Å². The van der Waals surface area contributed by atoms with Crippen LogP contribution in [0.3, 0.4) is 0 Å². The van der Waals surface area contributed by atoms with Gasteiger partial charge in [0.05, 0.1) is 18.3 Å². The fraction of sp³-hybridized carbons (Fsp3) is 0.893. The van der Waals surface area contributed by atoms with Gasteiger partial charge >= 0.3 is 5.97 Å². The highest BCUT2D eigenvalue weighted by Gasteiger charge is 2.80. The third-order valence-electron chi connectivity index (χ3n) is 11.4. The van der Waals surface area contributed by atoms with E-state index in [1.54, 1.807) is 7.11 Å². The molecule has 6 rings (SSSR count). The average molecular weight is 507 g/mol. The lowest BCUT2D eigenvalue weighted by molar-refractivity contribution is -0.276. The van der Waals surface area contributed by atoms with Crippen molar-refractivity contribution >= 4 is 5.97 Å². The Morgan fingerprint density at radius 2 is 1.86 bits per heavy atom. The van der Waals surface area contributed by atoms with E-state index in [0.29, 0.717) is 38.5 Å². The summed E-state index contributed by atoms with van der Waals surface area (Å²) in [6, 6.07) is 0. The zero-order chi connectivity index (χ0) is 25.7. The largest absolute Gasteiger partial charge is 0.462 e. The molecule has 1 spiro atoms. The van der Waals surface area contributed by atoms with Crippen molar-refractivity contribution in [3.63, 3.8) is 0 Å². The van der Waals surface area contributed by atoms with Crippen molar-refractivity contribution in [2.24, 2.45) is 22.7 Å². The van der Waals surface area contributed by atoms with Crippen LogP contribution in [0.1, 0.15) is 78.6 Å². The number of rotatable bonds is 3.